The van der Waals surface area contributed by atoms with Gasteiger partial charge in [-0.25, -0.2) is 12.7 Å². The van der Waals surface area contributed by atoms with Crippen molar-refractivity contribution >= 4 is 15.7 Å². The maximum absolute atomic E-state index is 12.0. The van der Waals surface area contributed by atoms with Crippen molar-refractivity contribution in [2.24, 2.45) is 0 Å². The van der Waals surface area contributed by atoms with Crippen LogP contribution < -0.4 is 5.32 Å². The second kappa shape index (κ2) is 6.32. The van der Waals surface area contributed by atoms with Gasteiger partial charge in [0, 0.05) is 38.2 Å². The van der Waals surface area contributed by atoms with E-state index in [4.69, 9.17) is 0 Å². The van der Waals surface area contributed by atoms with Crippen LogP contribution in [0.2, 0.25) is 0 Å². The largest absolute Gasteiger partial charge is 0.379 e. The van der Waals surface area contributed by atoms with Crippen LogP contribution >= 0.6 is 0 Å². The van der Waals surface area contributed by atoms with Crippen LogP contribution in [0, 0.1) is 0 Å². The quantitative estimate of drug-likeness (QED) is 0.891. The molecular weight excluding hydrogens is 286 g/mol. The summed E-state index contributed by atoms with van der Waals surface area (Å²) in [6.07, 6.45) is 2.05. The minimum Gasteiger partial charge on any atom is -0.379 e. The third-order valence-corrected chi connectivity index (χ3v) is 5.20. The van der Waals surface area contributed by atoms with E-state index in [1.807, 2.05) is 12.3 Å². The number of aryl methyl sites for hydroxylation is 1. The van der Waals surface area contributed by atoms with Crippen LogP contribution in [0.15, 0.2) is 47.5 Å². The Balaban J connectivity index is 2.07. The van der Waals surface area contributed by atoms with Gasteiger partial charge in [0.15, 0.2) is 0 Å². The van der Waals surface area contributed by atoms with Gasteiger partial charge in [0.05, 0.1) is 11.4 Å². The monoisotopic (exact) mass is 307 g/mol. The van der Waals surface area contributed by atoms with E-state index in [0.717, 1.165) is 12.2 Å². The zero-order valence-corrected chi connectivity index (χ0v) is 13.4. The summed E-state index contributed by atoms with van der Waals surface area (Å²) in [5.74, 6) is 0. The van der Waals surface area contributed by atoms with Crippen LogP contribution in [-0.2, 0) is 23.1 Å². The van der Waals surface area contributed by atoms with Gasteiger partial charge in [0.1, 0.15) is 0 Å². The van der Waals surface area contributed by atoms with Crippen LogP contribution in [0.25, 0.3) is 0 Å². The van der Waals surface area contributed by atoms with Crippen molar-refractivity contribution in [1.29, 1.82) is 0 Å². The maximum atomic E-state index is 12.0. The van der Waals surface area contributed by atoms with E-state index in [0.29, 0.717) is 11.4 Å². The van der Waals surface area contributed by atoms with Gasteiger partial charge in [-0.3, -0.25) is 0 Å². The van der Waals surface area contributed by atoms with Crippen LogP contribution in [0.5, 0.6) is 0 Å². The minimum absolute atomic E-state index is 0.301. The van der Waals surface area contributed by atoms with Gasteiger partial charge in [0.25, 0.3) is 0 Å². The number of sulfonamides is 1. The molecule has 0 bridgehead atoms. The summed E-state index contributed by atoms with van der Waals surface area (Å²) in [4.78, 5) is 0.301. The Bertz CT molecular complexity index is 688. The predicted molar refractivity (Wildman–Crippen MR) is 84.7 cm³/mol. The smallest absolute Gasteiger partial charge is 0.242 e. The number of rotatable bonds is 6. The Morgan fingerprint density at radius 2 is 1.81 bits per heavy atom. The van der Waals surface area contributed by atoms with E-state index in [1.165, 1.54) is 24.1 Å². The Labute approximate surface area is 126 Å². The summed E-state index contributed by atoms with van der Waals surface area (Å²) in [5.41, 5.74) is 2.10. The summed E-state index contributed by atoms with van der Waals surface area (Å²) >= 11 is 0. The molecule has 0 spiro atoms. The van der Waals surface area contributed by atoms with Gasteiger partial charge in [-0.05, 0) is 43.3 Å². The summed E-state index contributed by atoms with van der Waals surface area (Å²) < 4.78 is 27.3. The van der Waals surface area contributed by atoms with Crippen LogP contribution in [0.3, 0.4) is 0 Å². The molecule has 2 aromatic rings. The van der Waals surface area contributed by atoms with Crippen molar-refractivity contribution in [2.45, 2.75) is 24.9 Å². The standard InChI is InChI=1S/C15H21N3O2S/c1-4-18-11-5-6-14(18)12-16-13-7-9-15(10-8-13)21(19,20)17(2)3/h5-11,16H,4,12H2,1-3H3. The zero-order valence-electron chi connectivity index (χ0n) is 12.6. The molecule has 2 rings (SSSR count). The molecule has 0 aliphatic heterocycles. The highest BCUT2D eigenvalue weighted by molar-refractivity contribution is 7.89. The van der Waals surface area contributed by atoms with Crippen molar-refractivity contribution in [3.05, 3.63) is 48.3 Å². The second-order valence-electron chi connectivity index (χ2n) is 4.95. The van der Waals surface area contributed by atoms with E-state index in [1.54, 1.807) is 24.3 Å². The molecule has 0 saturated carbocycles. The van der Waals surface area contributed by atoms with Crippen LogP contribution in [0.1, 0.15) is 12.6 Å². The fourth-order valence-corrected chi connectivity index (χ4v) is 2.97. The molecule has 0 fully saturated rings. The van der Waals surface area contributed by atoms with E-state index in [-0.39, 0.29) is 0 Å². The Kier molecular flexibility index (Phi) is 4.69. The Hall–Kier alpha value is -1.79. The normalized spacial score (nSPS) is 11.8. The molecule has 0 unspecified atom stereocenters. The van der Waals surface area contributed by atoms with Crippen molar-refractivity contribution in [3.63, 3.8) is 0 Å². The lowest BCUT2D eigenvalue weighted by molar-refractivity contribution is 0.521. The molecule has 0 saturated heterocycles. The molecule has 6 heteroatoms. The molecular formula is C15H21N3O2S. The van der Waals surface area contributed by atoms with Gasteiger partial charge in [-0.15, -0.1) is 0 Å². The maximum Gasteiger partial charge on any atom is 0.242 e. The minimum atomic E-state index is -3.36. The number of nitrogens with one attached hydrogen (secondary N) is 1. The Morgan fingerprint density at radius 1 is 1.14 bits per heavy atom. The summed E-state index contributed by atoms with van der Waals surface area (Å²) in [6.45, 7) is 3.75. The van der Waals surface area contributed by atoms with Gasteiger partial charge in [-0.1, -0.05) is 0 Å². The number of aromatic nitrogens is 1. The molecule has 0 aliphatic carbocycles. The topological polar surface area (TPSA) is 54.3 Å². The highest BCUT2D eigenvalue weighted by atomic mass is 32.2. The fraction of sp³-hybridized carbons (Fsp3) is 0.333. The highest BCUT2D eigenvalue weighted by Crippen LogP contribution is 2.17. The molecule has 1 aromatic heterocycles. The fourth-order valence-electron chi connectivity index (χ4n) is 2.07. The van der Waals surface area contributed by atoms with Crippen molar-refractivity contribution in [2.75, 3.05) is 19.4 Å². The summed E-state index contributed by atoms with van der Waals surface area (Å²) in [6, 6.07) is 10.9. The average Bonchev–Trinajstić information content (AvgIpc) is 2.92. The first kappa shape index (κ1) is 15.6. The van der Waals surface area contributed by atoms with E-state index < -0.39 is 10.0 Å². The van der Waals surface area contributed by atoms with Crippen molar-refractivity contribution in [3.8, 4) is 0 Å². The molecule has 5 nitrogen and oxygen atoms in total. The first-order valence-electron chi connectivity index (χ1n) is 6.85. The van der Waals surface area contributed by atoms with Crippen LogP contribution in [-0.4, -0.2) is 31.4 Å². The second-order valence-corrected chi connectivity index (χ2v) is 7.10. The summed E-state index contributed by atoms with van der Waals surface area (Å²) in [5, 5.41) is 3.30. The predicted octanol–water partition coefficient (Wildman–Crippen LogP) is 2.37. The number of hydrogen-bond acceptors (Lipinski definition) is 3. The number of benzene rings is 1. The number of hydrogen-bond donors (Lipinski definition) is 1. The zero-order chi connectivity index (χ0) is 15.5. The lowest BCUT2D eigenvalue weighted by atomic mass is 10.3. The Morgan fingerprint density at radius 3 is 2.38 bits per heavy atom. The van der Waals surface area contributed by atoms with E-state index in [9.17, 15) is 8.42 Å². The molecule has 0 atom stereocenters. The highest BCUT2D eigenvalue weighted by Gasteiger charge is 2.16. The molecule has 1 heterocycles. The van der Waals surface area contributed by atoms with Gasteiger partial charge in [-0.2, -0.15) is 0 Å². The lowest BCUT2D eigenvalue weighted by Crippen LogP contribution is -2.22. The lowest BCUT2D eigenvalue weighted by Gasteiger charge is -2.13. The van der Waals surface area contributed by atoms with Gasteiger partial charge in [0.2, 0.25) is 10.0 Å². The molecule has 21 heavy (non-hydrogen) atoms. The first-order chi connectivity index (χ1) is 9.95. The third kappa shape index (κ3) is 3.46. The van der Waals surface area contributed by atoms with Crippen LogP contribution in [0.4, 0.5) is 5.69 Å². The number of nitrogens with zero attached hydrogens (tertiary/aromatic N) is 2. The molecule has 0 radical (unpaired) electrons. The molecule has 114 valence electrons. The average molecular weight is 307 g/mol. The molecule has 1 N–H and O–H groups in total. The van der Waals surface area contributed by atoms with Gasteiger partial charge >= 0.3 is 0 Å². The van der Waals surface area contributed by atoms with Crippen molar-refractivity contribution in [1.82, 2.24) is 8.87 Å². The van der Waals surface area contributed by atoms with Crippen molar-refractivity contribution < 1.29 is 8.42 Å². The van der Waals surface area contributed by atoms with E-state index >= 15 is 0 Å². The molecule has 0 aliphatic rings. The number of anilines is 1. The summed E-state index contributed by atoms with van der Waals surface area (Å²) in [7, 11) is -0.305. The SMILES string of the molecule is CCn1cccc1CNc1ccc(S(=O)(=O)N(C)C)cc1. The van der Waals surface area contributed by atoms with Gasteiger partial charge < -0.3 is 9.88 Å². The first-order valence-corrected chi connectivity index (χ1v) is 8.29. The third-order valence-electron chi connectivity index (χ3n) is 3.37. The molecule has 1 aromatic carbocycles. The van der Waals surface area contributed by atoms with E-state index in [2.05, 4.69) is 22.9 Å². The molecule has 0 amide bonds.